The number of amides is 1. The number of nitrogens with one attached hydrogen (secondary N) is 1. The molecular weight excluding hydrogens is 542 g/mol. The lowest BCUT2D eigenvalue weighted by Crippen LogP contribution is -2.40. The van der Waals surface area contributed by atoms with Crippen molar-refractivity contribution in [2.75, 3.05) is 13.1 Å². The second-order valence-electron chi connectivity index (χ2n) is 9.10. The number of likely N-dealkylation sites (tertiary alicyclic amines) is 1. The zero-order chi connectivity index (χ0) is 26.2. The Bertz CT molecular complexity index is 1680. The lowest BCUT2D eigenvalue weighted by atomic mass is 10.0. The first-order valence-electron chi connectivity index (χ1n) is 12.2. The van der Waals surface area contributed by atoms with Crippen LogP contribution in [0.4, 0.5) is 0 Å². The van der Waals surface area contributed by atoms with Gasteiger partial charge in [0.25, 0.3) is 5.91 Å². The summed E-state index contributed by atoms with van der Waals surface area (Å²) in [5.41, 5.74) is 3.01. The number of carbonyl (C=O) groups excluding carboxylic acids is 1. The van der Waals surface area contributed by atoms with Crippen molar-refractivity contribution in [3.8, 4) is 5.69 Å². The van der Waals surface area contributed by atoms with Crippen molar-refractivity contribution in [3.63, 3.8) is 0 Å². The van der Waals surface area contributed by atoms with Gasteiger partial charge in [-0.3, -0.25) is 13.9 Å². The fourth-order valence-electron chi connectivity index (χ4n) is 4.88. The number of rotatable bonds is 6. The Morgan fingerprint density at radius 2 is 1.97 bits per heavy atom. The summed E-state index contributed by atoms with van der Waals surface area (Å²) in [6, 6.07) is 15.3. The molecule has 194 valence electrons. The fourth-order valence-corrected chi connectivity index (χ4v) is 6.84. The second-order valence-corrected chi connectivity index (χ2v) is 11.4. The third kappa shape index (κ3) is 4.77. The summed E-state index contributed by atoms with van der Waals surface area (Å²) < 4.78 is 3.79. The van der Waals surface area contributed by atoms with Crippen LogP contribution in [-0.2, 0) is 5.75 Å². The molecular formula is C26H24ClN7O2S2. The van der Waals surface area contributed by atoms with E-state index in [1.54, 1.807) is 0 Å². The molecule has 0 atom stereocenters. The van der Waals surface area contributed by atoms with Crippen molar-refractivity contribution in [1.29, 1.82) is 0 Å². The quantitative estimate of drug-likeness (QED) is 0.287. The van der Waals surface area contributed by atoms with Gasteiger partial charge in [-0.05, 0) is 50.1 Å². The SMILES string of the molecule is Cc1nnc(SCc2nc(C(=O)N3CCC(n4c(=O)[nH]c5ccccc54)CC3)cs2)n1-c1cccc(Cl)c1. The number of thiazole rings is 1. The minimum Gasteiger partial charge on any atom is -0.337 e. The molecule has 2 aromatic carbocycles. The summed E-state index contributed by atoms with van der Waals surface area (Å²) >= 11 is 9.16. The van der Waals surface area contributed by atoms with Crippen LogP contribution in [0.1, 0.15) is 40.2 Å². The van der Waals surface area contributed by atoms with E-state index in [0.29, 0.717) is 29.6 Å². The summed E-state index contributed by atoms with van der Waals surface area (Å²) in [4.78, 5) is 35.1. The Kier molecular flexibility index (Phi) is 6.81. The van der Waals surface area contributed by atoms with Crippen LogP contribution in [0, 0.1) is 6.92 Å². The van der Waals surface area contributed by atoms with Gasteiger partial charge in [0.05, 0.1) is 22.5 Å². The third-order valence-electron chi connectivity index (χ3n) is 6.70. The number of aromatic amines is 1. The largest absolute Gasteiger partial charge is 0.337 e. The molecule has 38 heavy (non-hydrogen) atoms. The second kappa shape index (κ2) is 10.4. The molecule has 12 heteroatoms. The first kappa shape index (κ1) is 24.9. The average Bonchev–Trinajstić information content (AvgIpc) is 3.63. The number of hydrogen-bond acceptors (Lipinski definition) is 7. The van der Waals surface area contributed by atoms with Crippen LogP contribution in [0.2, 0.25) is 5.02 Å². The van der Waals surface area contributed by atoms with E-state index in [4.69, 9.17) is 11.6 Å². The van der Waals surface area contributed by atoms with Crippen molar-refractivity contribution in [2.45, 2.75) is 36.7 Å². The molecule has 3 aromatic heterocycles. The van der Waals surface area contributed by atoms with Gasteiger partial charge in [-0.1, -0.05) is 41.6 Å². The maximum atomic E-state index is 13.2. The Morgan fingerprint density at radius 3 is 2.79 bits per heavy atom. The Labute approximate surface area is 231 Å². The van der Waals surface area contributed by atoms with Gasteiger partial charge in [0.2, 0.25) is 0 Å². The number of fused-ring (bicyclic) bond motifs is 1. The lowest BCUT2D eigenvalue weighted by Gasteiger charge is -2.32. The Morgan fingerprint density at radius 1 is 1.16 bits per heavy atom. The van der Waals surface area contributed by atoms with Crippen LogP contribution >= 0.6 is 34.7 Å². The number of benzene rings is 2. The third-order valence-corrected chi connectivity index (χ3v) is 8.90. The van der Waals surface area contributed by atoms with Gasteiger partial charge < -0.3 is 9.88 Å². The van der Waals surface area contributed by atoms with Crippen LogP contribution in [0.5, 0.6) is 0 Å². The molecule has 1 aliphatic rings. The van der Waals surface area contributed by atoms with Crippen LogP contribution in [-0.4, -0.2) is 53.2 Å². The van der Waals surface area contributed by atoms with Crippen LogP contribution < -0.4 is 5.69 Å². The van der Waals surface area contributed by atoms with E-state index < -0.39 is 0 Å². The number of carbonyl (C=O) groups is 1. The number of aryl methyl sites for hydroxylation is 1. The van der Waals surface area contributed by atoms with E-state index >= 15 is 0 Å². The van der Waals surface area contributed by atoms with E-state index in [1.165, 1.54) is 23.1 Å². The molecule has 1 aliphatic heterocycles. The number of para-hydroxylation sites is 2. The fraction of sp³-hybridized carbons (Fsp3) is 0.269. The predicted molar refractivity (Wildman–Crippen MR) is 150 cm³/mol. The zero-order valence-corrected chi connectivity index (χ0v) is 22.9. The number of hydrogen-bond donors (Lipinski definition) is 1. The summed E-state index contributed by atoms with van der Waals surface area (Å²) in [6.07, 6.45) is 1.44. The first-order valence-corrected chi connectivity index (χ1v) is 14.5. The van der Waals surface area contributed by atoms with Crippen LogP contribution in [0.3, 0.4) is 0 Å². The molecule has 9 nitrogen and oxygen atoms in total. The molecule has 0 spiro atoms. The zero-order valence-electron chi connectivity index (χ0n) is 20.5. The molecule has 6 rings (SSSR count). The Hall–Kier alpha value is -3.41. The minimum atomic E-state index is -0.0981. The number of nitrogens with zero attached hydrogens (tertiary/aromatic N) is 6. The average molecular weight is 566 g/mol. The molecule has 4 heterocycles. The molecule has 0 aliphatic carbocycles. The standard InChI is InChI=1S/C26H24ClN7O2S2/c1-16-30-31-26(33(16)19-6-4-5-17(27)13-19)38-15-23-28-21(14-37-23)24(35)32-11-9-18(10-12-32)34-22-8-3-2-7-20(22)29-25(34)36/h2-8,13-14,18H,9-12,15H2,1H3,(H,29,36). The number of thioether (sulfide) groups is 1. The number of halogens is 1. The highest BCUT2D eigenvalue weighted by Gasteiger charge is 2.27. The minimum absolute atomic E-state index is 0.0606. The molecule has 5 aromatic rings. The molecule has 0 radical (unpaired) electrons. The van der Waals surface area contributed by atoms with Crippen molar-refractivity contribution >= 4 is 51.6 Å². The molecule has 0 unspecified atom stereocenters. The topological polar surface area (TPSA) is 102 Å². The number of aromatic nitrogens is 6. The van der Waals surface area contributed by atoms with E-state index in [1.807, 2.05) is 74.9 Å². The number of imidazole rings is 1. The normalized spacial score (nSPS) is 14.4. The van der Waals surface area contributed by atoms with E-state index in [0.717, 1.165) is 45.6 Å². The number of H-pyrrole nitrogens is 1. The highest BCUT2D eigenvalue weighted by Crippen LogP contribution is 2.29. The molecule has 0 saturated carbocycles. The van der Waals surface area contributed by atoms with Gasteiger partial charge >= 0.3 is 5.69 Å². The predicted octanol–water partition coefficient (Wildman–Crippen LogP) is 5.10. The molecule has 1 fully saturated rings. The van der Waals surface area contributed by atoms with Gasteiger partial charge in [0, 0.05) is 29.5 Å². The molecule has 1 N–H and O–H groups in total. The van der Waals surface area contributed by atoms with Crippen molar-refractivity contribution in [2.24, 2.45) is 0 Å². The van der Waals surface area contributed by atoms with Gasteiger partial charge in [0.15, 0.2) is 5.16 Å². The van der Waals surface area contributed by atoms with Crippen molar-refractivity contribution in [3.05, 3.63) is 85.9 Å². The lowest BCUT2D eigenvalue weighted by molar-refractivity contribution is 0.0689. The maximum Gasteiger partial charge on any atom is 0.326 e. The summed E-state index contributed by atoms with van der Waals surface area (Å²) in [6.45, 7) is 3.06. The maximum absolute atomic E-state index is 13.2. The molecule has 0 bridgehead atoms. The number of piperidine rings is 1. The smallest absolute Gasteiger partial charge is 0.326 e. The van der Waals surface area contributed by atoms with E-state index in [9.17, 15) is 9.59 Å². The van der Waals surface area contributed by atoms with Gasteiger partial charge in [-0.25, -0.2) is 9.78 Å². The highest BCUT2D eigenvalue weighted by molar-refractivity contribution is 7.98. The highest BCUT2D eigenvalue weighted by atomic mass is 35.5. The van der Waals surface area contributed by atoms with Gasteiger partial charge in [-0.2, -0.15) is 0 Å². The van der Waals surface area contributed by atoms with Crippen LogP contribution in [0.15, 0.2) is 63.9 Å². The van der Waals surface area contributed by atoms with Gasteiger partial charge in [-0.15, -0.1) is 21.5 Å². The summed E-state index contributed by atoms with van der Waals surface area (Å²) in [5, 5.41) is 12.6. The first-order chi connectivity index (χ1) is 18.5. The summed E-state index contributed by atoms with van der Waals surface area (Å²) in [5.74, 6) is 1.27. The van der Waals surface area contributed by atoms with Crippen LogP contribution in [0.25, 0.3) is 16.7 Å². The van der Waals surface area contributed by atoms with E-state index in [-0.39, 0.29) is 17.6 Å². The molecule has 1 saturated heterocycles. The molecule has 1 amide bonds. The van der Waals surface area contributed by atoms with Crippen molar-refractivity contribution in [1.82, 2.24) is 34.2 Å². The summed E-state index contributed by atoms with van der Waals surface area (Å²) in [7, 11) is 0. The van der Waals surface area contributed by atoms with Crippen molar-refractivity contribution < 1.29 is 4.79 Å². The monoisotopic (exact) mass is 565 g/mol. The Balaban J connectivity index is 1.10. The van der Waals surface area contributed by atoms with Gasteiger partial charge in [0.1, 0.15) is 16.5 Å². The van der Waals surface area contributed by atoms with E-state index in [2.05, 4.69) is 20.2 Å².